The molecule has 0 radical (unpaired) electrons. The first-order valence-electron chi connectivity index (χ1n) is 6.57. The van der Waals surface area contributed by atoms with Crippen molar-refractivity contribution in [2.24, 2.45) is 5.92 Å². The summed E-state index contributed by atoms with van der Waals surface area (Å²) in [4.78, 5) is 15.5. The maximum Gasteiger partial charge on any atom is 0.251 e. The maximum atomic E-state index is 13.0. The Morgan fingerprint density at radius 2 is 2.32 bits per heavy atom. The van der Waals surface area contributed by atoms with Gasteiger partial charge in [0.2, 0.25) is 5.95 Å². The van der Waals surface area contributed by atoms with Crippen LogP contribution in [-0.4, -0.2) is 30.1 Å². The molecule has 0 saturated heterocycles. The highest BCUT2D eigenvalue weighted by Gasteiger charge is 2.31. The molecule has 1 aliphatic carbocycles. The highest BCUT2D eigenvalue weighted by molar-refractivity contribution is 5.94. The zero-order chi connectivity index (χ0) is 13.8. The fourth-order valence-electron chi connectivity index (χ4n) is 2.66. The van der Waals surface area contributed by atoms with Crippen LogP contribution in [0.15, 0.2) is 18.3 Å². The zero-order valence-electron chi connectivity index (χ0n) is 11.2. The van der Waals surface area contributed by atoms with Gasteiger partial charge in [-0.05, 0) is 25.3 Å². The first kappa shape index (κ1) is 13.9. The third-order valence-corrected chi connectivity index (χ3v) is 3.83. The van der Waals surface area contributed by atoms with E-state index in [1.54, 1.807) is 7.11 Å². The van der Waals surface area contributed by atoms with Gasteiger partial charge < -0.3 is 10.1 Å². The lowest BCUT2D eigenvalue weighted by atomic mass is 9.83. The SMILES string of the molecule is COC1CCCC(NC(=O)c2ccnc(F)c2)C1C. The predicted octanol–water partition coefficient (Wildman–Crippen LogP) is 2.15. The molecule has 0 bridgehead atoms. The number of halogens is 1. The van der Waals surface area contributed by atoms with Crippen molar-refractivity contribution in [3.63, 3.8) is 0 Å². The Kier molecular flexibility index (Phi) is 4.47. The number of hydrogen-bond acceptors (Lipinski definition) is 3. The second kappa shape index (κ2) is 6.10. The lowest BCUT2D eigenvalue weighted by Gasteiger charge is -2.35. The van der Waals surface area contributed by atoms with Crippen LogP contribution >= 0.6 is 0 Å². The summed E-state index contributed by atoms with van der Waals surface area (Å²) in [6.45, 7) is 2.07. The van der Waals surface area contributed by atoms with Crippen molar-refractivity contribution in [1.82, 2.24) is 10.3 Å². The smallest absolute Gasteiger partial charge is 0.251 e. The summed E-state index contributed by atoms with van der Waals surface area (Å²) in [6.07, 6.45) is 4.45. The largest absolute Gasteiger partial charge is 0.381 e. The molecule has 1 heterocycles. The minimum Gasteiger partial charge on any atom is -0.381 e. The summed E-state index contributed by atoms with van der Waals surface area (Å²) in [5, 5.41) is 2.96. The number of ether oxygens (including phenoxy) is 1. The van der Waals surface area contributed by atoms with Crippen LogP contribution in [0.5, 0.6) is 0 Å². The maximum absolute atomic E-state index is 13.0. The molecule has 1 amide bonds. The van der Waals surface area contributed by atoms with Crippen LogP contribution in [0.1, 0.15) is 36.5 Å². The van der Waals surface area contributed by atoms with Crippen LogP contribution in [0.2, 0.25) is 0 Å². The molecule has 0 aromatic carbocycles. The Hall–Kier alpha value is -1.49. The lowest BCUT2D eigenvalue weighted by molar-refractivity contribution is 0.0152. The van der Waals surface area contributed by atoms with Crippen molar-refractivity contribution >= 4 is 5.91 Å². The van der Waals surface area contributed by atoms with Gasteiger partial charge in [-0.15, -0.1) is 0 Å². The van der Waals surface area contributed by atoms with E-state index in [4.69, 9.17) is 4.74 Å². The van der Waals surface area contributed by atoms with Crippen molar-refractivity contribution in [3.8, 4) is 0 Å². The van der Waals surface area contributed by atoms with Crippen LogP contribution in [0.3, 0.4) is 0 Å². The van der Waals surface area contributed by atoms with E-state index in [0.29, 0.717) is 5.56 Å². The van der Waals surface area contributed by atoms with E-state index >= 15 is 0 Å². The van der Waals surface area contributed by atoms with Crippen molar-refractivity contribution in [1.29, 1.82) is 0 Å². The topological polar surface area (TPSA) is 51.2 Å². The van der Waals surface area contributed by atoms with Gasteiger partial charge in [0.15, 0.2) is 0 Å². The number of nitrogens with zero attached hydrogens (tertiary/aromatic N) is 1. The average Bonchev–Trinajstić information content (AvgIpc) is 2.41. The normalized spacial score (nSPS) is 27.0. The van der Waals surface area contributed by atoms with E-state index < -0.39 is 5.95 Å². The third kappa shape index (κ3) is 3.29. The first-order valence-corrected chi connectivity index (χ1v) is 6.57. The standard InChI is InChI=1S/C14H19FN2O2/c1-9-11(4-3-5-12(9)19-2)17-14(18)10-6-7-16-13(15)8-10/h6-9,11-12H,3-5H2,1-2H3,(H,17,18). The molecule has 1 aromatic rings. The van der Waals surface area contributed by atoms with E-state index in [2.05, 4.69) is 17.2 Å². The van der Waals surface area contributed by atoms with Crippen LogP contribution in [0.25, 0.3) is 0 Å². The van der Waals surface area contributed by atoms with Gasteiger partial charge in [0, 0.05) is 36.9 Å². The van der Waals surface area contributed by atoms with Crippen LogP contribution < -0.4 is 5.32 Å². The number of rotatable bonds is 3. The monoisotopic (exact) mass is 266 g/mol. The molecule has 0 aliphatic heterocycles. The number of methoxy groups -OCH3 is 1. The molecule has 1 saturated carbocycles. The fraction of sp³-hybridized carbons (Fsp3) is 0.571. The summed E-state index contributed by atoms with van der Waals surface area (Å²) in [5.41, 5.74) is 0.305. The molecular weight excluding hydrogens is 247 g/mol. The number of hydrogen-bond donors (Lipinski definition) is 1. The molecule has 3 atom stereocenters. The Labute approximate surface area is 112 Å². The molecule has 2 rings (SSSR count). The van der Waals surface area contributed by atoms with Gasteiger partial charge in [0.05, 0.1) is 6.10 Å². The number of carbonyl (C=O) groups is 1. The second-order valence-electron chi connectivity index (χ2n) is 5.01. The van der Waals surface area contributed by atoms with Gasteiger partial charge in [0.1, 0.15) is 0 Å². The van der Waals surface area contributed by atoms with E-state index in [9.17, 15) is 9.18 Å². The average molecular weight is 266 g/mol. The van der Waals surface area contributed by atoms with Gasteiger partial charge in [-0.2, -0.15) is 4.39 Å². The van der Waals surface area contributed by atoms with Gasteiger partial charge in [-0.1, -0.05) is 6.92 Å². The minimum absolute atomic E-state index is 0.0717. The molecule has 0 spiro atoms. The quantitative estimate of drug-likeness (QED) is 0.853. The van der Waals surface area contributed by atoms with Crippen LogP contribution in [0.4, 0.5) is 4.39 Å². The number of nitrogens with one attached hydrogen (secondary N) is 1. The van der Waals surface area contributed by atoms with Crippen molar-refractivity contribution in [3.05, 3.63) is 29.8 Å². The van der Waals surface area contributed by atoms with E-state index in [-0.39, 0.29) is 24.0 Å². The molecule has 4 nitrogen and oxygen atoms in total. The summed E-state index contributed by atoms with van der Waals surface area (Å²) in [7, 11) is 1.70. The van der Waals surface area contributed by atoms with Gasteiger partial charge >= 0.3 is 0 Å². The highest BCUT2D eigenvalue weighted by Crippen LogP contribution is 2.26. The Morgan fingerprint density at radius 3 is 3.00 bits per heavy atom. The van der Waals surface area contributed by atoms with Gasteiger partial charge in [-0.3, -0.25) is 4.79 Å². The number of aromatic nitrogens is 1. The summed E-state index contributed by atoms with van der Waals surface area (Å²) in [5.74, 6) is -0.636. The molecule has 104 valence electrons. The Bertz CT molecular complexity index is 453. The lowest BCUT2D eigenvalue weighted by Crippen LogP contribution is -2.46. The molecule has 1 fully saturated rings. The van der Waals surface area contributed by atoms with E-state index in [1.807, 2.05) is 0 Å². The van der Waals surface area contributed by atoms with Gasteiger partial charge in [-0.25, -0.2) is 4.98 Å². The summed E-state index contributed by atoms with van der Waals surface area (Å²) in [6, 6.07) is 2.73. The summed E-state index contributed by atoms with van der Waals surface area (Å²) >= 11 is 0. The molecular formula is C14H19FN2O2. The molecule has 1 N–H and O–H groups in total. The third-order valence-electron chi connectivity index (χ3n) is 3.83. The van der Waals surface area contributed by atoms with Crippen LogP contribution in [-0.2, 0) is 4.74 Å². The number of carbonyl (C=O) groups excluding carboxylic acids is 1. The second-order valence-corrected chi connectivity index (χ2v) is 5.01. The van der Waals surface area contributed by atoms with Crippen LogP contribution in [0, 0.1) is 11.9 Å². The molecule has 1 aliphatic rings. The Balaban J connectivity index is 2.02. The van der Waals surface area contributed by atoms with Gasteiger partial charge in [0.25, 0.3) is 5.91 Å². The number of pyridine rings is 1. The Morgan fingerprint density at radius 1 is 1.53 bits per heavy atom. The van der Waals surface area contributed by atoms with Crippen molar-refractivity contribution < 1.29 is 13.9 Å². The zero-order valence-corrected chi connectivity index (χ0v) is 11.2. The predicted molar refractivity (Wildman–Crippen MR) is 69.3 cm³/mol. The molecule has 19 heavy (non-hydrogen) atoms. The first-order chi connectivity index (χ1) is 9.11. The number of amides is 1. The minimum atomic E-state index is -0.640. The van der Waals surface area contributed by atoms with Crippen molar-refractivity contribution in [2.75, 3.05) is 7.11 Å². The van der Waals surface area contributed by atoms with Crippen molar-refractivity contribution in [2.45, 2.75) is 38.3 Å². The molecule has 5 heteroatoms. The fourth-order valence-corrected chi connectivity index (χ4v) is 2.66. The highest BCUT2D eigenvalue weighted by atomic mass is 19.1. The molecule has 1 aromatic heterocycles. The van der Waals surface area contributed by atoms with E-state index in [0.717, 1.165) is 25.3 Å². The summed E-state index contributed by atoms with van der Waals surface area (Å²) < 4.78 is 18.4. The molecule has 3 unspecified atom stereocenters. The van der Waals surface area contributed by atoms with E-state index in [1.165, 1.54) is 12.3 Å².